The topological polar surface area (TPSA) is 21.3 Å². The predicted molar refractivity (Wildman–Crippen MR) is 88.9 cm³/mol. The van der Waals surface area contributed by atoms with Crippen molar-refractivity contribution >= 4 is 33.2 Å². The molecule has 4 heteroatoms. The molecule has 0 aromatic heterocycles. The Morgan fingerprint density at radius 2 is 1.90 bits per heavy atom. The second kappa shape index (κ2) is 7.00. The molecule has 0 aliphatic heterocycles. The molecule has 0 saturated carbocycles. The fourth-order valence-electron chi connectivity index (χ4n) is 2.04. The highest BCUT2D eigenvalue weighted by Crippen LogP contribution is 2.26. The number of hydrogen-bond donors (Lipinski definition) is 1. The zero-order valence-electron chi connectivity index (χ0n) is 11.5. The van der Waals surface area contributed by atoms with E-state index in [0.29, 0.717) is 6.04 Å². The third kappa shape index (κ3) is 4.15. The minimum Gasteiger partial charge on any atom is -0.497 e. The molecule has 0 heterocycles. The van der Waals surface area contributed by atoms with E-state index < -0.39 is 0 Å². The molecular formula is C16H17BrClNO. The van der Waals surface area contributed by atoms with Crippen molar-refractivity contribution in [2.45, 2.75) is 19.4 Å². The molecule has 0 aliphatic carbocycles. The Hall–Kier alpha value is -1.19. The van der Waals surface area contributed by atoms with Gasteiger partial charge in [0.05, 0.1) is 12.1 Å². The molecule has 2 aromatic rings. The van der Waals surface area contributed by atoms with Crippen LogP contribution in [0.3, 0.4) is 0 Å². The van der Waals surface area contributed by atoms with E-state index in [0.717, 1.165) is 27.4 Å². The standard InChI is InChI=1S/C16H17BrClNO/c1-11(9-12-3-6-14(20-2)7-4-12)19-13-5-8-16(18)15(17)10-13/h3-8,10-11,19H,9H2,1-2H3. The molecule has 1 unspecified atom stereocenters. The Bertz CT molecular complexity index is 571. The smallest absolute Gasteiger partial charge is 0.118 e. The minimum absolute atomic E-state index is 0.330. The second-order valence-electron chi connectivity index (χ2n) is 4.73. The fourth-order valence-corrected chi connectivity index (χ4v) is 2.53. The Morgan fingerprint density at radius 1 is 1.20 bits per heavy atom. The lowest BCUT2D eigenvalue weighted by Gasteiger charge is -2.16. The van der Waals surface area contributed by atoms with Gasteiger partial charge in [0.15, 0.2) is 0 Å². The maximum Gasteiger partial charge on any atom is 0.118 e. The number of ether oxygens (including phenoxy) is 1. The summed E-state index contributed by atoms with van der Waals surface area (Å²) in [7, 11) is 1.68. The van der Waals surface area contributed by atoms with Crippen molar-refractivity contribution in [2.24, 2.45) is 0 Å². The summed E-state index contributed by atoms with van der Waals surface area (Å²) in [5, 5.41) is 4.19. The Balaban J connectivity index is 1.97. The molecule has 1 atom stereocenters. The highest BCUT2D eigenvalue weighted by Gasteiger charge is 2.05. The first-order chi connectivity index (χ1) is 9.58. The molecule has 0 spiro atoms. The van der Waals surface area contributed by atoms with E-state index in [2.05, 4.69) is 40.3 Å². The van der Waals surface area contributed by atoms with Crippen molar-refractivity contribution in [3.8, 4) is 5.75 Å². The number of halogens is 2. The van der Waals surface area contributed by atoms with Gasteiger partial charge in [0.2, 0.25) is 0 Å². The van der Waals surface area contributed by atoms with E-state index in [1.807, 2.05) is 30.3 Å². The number of benzene rings is 2. The van der Waals surface area contributed by atoms with Crippen LogP contribution in [-0.2, 0) is 6.42 Å². The third-order valence-corrected chi connectivity index (χ3v) is 4.25. The monoisotopic (exact) mass is 353 g/mol. The normalized spacial score (nSPS) is 12.0. The van der Waals surface area contributed by atoms with Crippen molar-refractivity contribution in [3.05, 3.63) is 57.5 Å². The van der Waals surface area contributed by atoms with Gasteiger partial charge in [-0.25, -0.2) is 0 Å². The van der Waals surface area contributed by atoms with Gasteiger partial charge in [0, 0.05) is 16.2 Å². The van der Waals surface area contributed by atoms with Gasteiger partial charge in [0.1, 0.15) is 5.75 Å². The lowest BCUT2D eigenvalue weighted by Crippen LogP contribution is -2.17. The summed E-state index contributed by atoms with van der Waals surface area (Å²) in [6, 6.07) is 14.3. The first kappa shape index (κ1) is 15.2. The summed E-state index contributed by atoms with van der Waals surface area (Å²) in [5.41, 5.74) is 2.33. The zero-order valence-corrected chi connectivity index (χ0v) is 13.8. The van der Waals surface area contributed by atoms with Crippen molar-refractivity contribution in [2.75, 3.05) is 12.4 Å². The van der Waals surface area contributed by atoms with Crippen molar-refractivity contribution in [1.29, 1.82) is 0 Å². The van der Waals surface area contributed by atoms with Crippen molar-refractivity contribution in [3.63, 3.8) is 0 Å². The van der Waals surface area contributed by atoms with Crippen LogP contribution in [-0.4, -0.2) is 13.2 Å². The van der Waals surface area contributed by atoms with Crippen LogP contribution in [0.25, 0.3) is 0 Å². The van der Waals surface area contributed by atoms with Crippen LogP contribution in [0.15, 0.2) is 46.9 Å². The molecule has 0 aliphatic rings. The average molecular weight is 355 g/mol. The molecule has 2 rings (SSSR count). The van der Waals surface area contributed by atoms with Gasteiger partial charge in [-0.3, -0.25) is 0 Å². The molecule has 2 nitrogen and oxygen atoms in total. The first-order valence-corrected chi connectivity index (χ1v) is 7.60. The zero-order chi connectivity index (χ0) is 14.5. The number of hydrogen-bond acceptors (Lipinski definition) is 2. The highest BCUT2D eigenvalue weighted by atomic mass is 79.9. The number of anilines is 1. The van der Waals surface area contributed by atoms with Gasteiger partial charge in [-0.2, -0.15) is 0 Å². The average Bonchev–Trinajstić information content (AvgIpc) is 2.44. The van der Waals surface area contributed by atoms with Crippen LogP contribution in [0.2, 0.25) is 5.02 Å². The molecular weight excluding hydrogens is 338 g/mol. The minimum atomic E-state index is 0.330. The quantitative estimate of drug-likeness (QED) is 0.801. The largest absolute Gasteiger partial charge is 0.497 e. The van der Waals surface area contributed by atoms with E-state index in [1.165, 1.54) is 5.56 Å². The van der Waals surface area contributed by atoms with Crippen LogP contribution in [0.5, 0.6) is 5.75 Å². The molecule has 2 aromatic carbocycles. The second-order valence-corrected chi connectivity index (χ2v) is 5.99. The Morgan fingerprint density at radius 3 is 2.50 bits per heavy atom. The summed E-state index contributed by atoms with van der Waals surface area (Å²) < 4.78 is 6.06. The summed E-state index contributed by atoms with van der Waals surface area (Å²) >= 11 is 9.42. The molecule has 0 saturated heterocycles. The molecule has 1 N–H and O–H groups in total. The molecule has 0 fully saturated rings. The van der Waals surface area contributed by atoms with E-state index in [4.69, 9.17) is 16.3 Å². The summed E-state index contributed by atoms with van der Waals surface area (Å²) in [5.74, 6) is 0.885. The van der Waals surface area contributed by atoms with Crippen LogP contribution >= 0.6 is 27.5 Å². The van der Waals surface area contributed by atoms with Gasteiger partial charge in [-0.05, 0) is 65.2 Å². The number of methoxy groups -OCH3 is 1. The first-order valence-electron chi connectivity index (χ1n) is 6.43. The Labute approximate surface area is 133 Å². The van der Waals surface area contributed by atoms with Crippen LogP contribution in [0, 0.1) is 0 Å². The number of nitrogens with one attached hydrogen (secondary N) is 1. The lowest BCUT2D eigenvalue weighted by molar-refractivity contribution is 0.414. The third-order valence-electron chi connectivity index (χ3n) is 3.03. The van der Waals surface area contributed by atoms with Crippen molar-refractivity contribution < 1.29 is 4.74 Å². The van der Waals surface area contributed by atoms with E-state index in [9.17, 15) is 0 Å². The van der Waals surface area contributed by atoms with Gasteiger partial charge in [-0.15, -0.1) is 0 Å². The summed E-state index contributed by atoms with van der Waals surface area (Å²) in [6.45, 7) is 2.16. The van der Waals surface area contributed by atoms with Crippen LogP contribution in [0.1, 0.15) is 12.5 Å². The van der Waals surface area contributed by atoms with E-state index >= 15 is 0 Å². The maximum absolute atomic E-state index is 5.99. The van der Waals surface area contributed by atoms with Crippen molar-refractivity contribution in [1.82, 2.24) is 0 Å². The number of rotatable bonds is 5. The predicted octanol–water partition coefficient (Wildman–Crippen LogP) is 5.15. The molecule has 20 heavy (non-hydrogen) atoms. The van der Waals surface area contributed by atoms with Crippen LogP contribution < -0.4 is 10.1 Å². The summed E-state index contributed by atoms with van der Waals surface area (Å²) in [6.07, 6.45) is 0.949. The highest BCUT2D eigenvalue weighted by molar-refractivity contribution is 9.10. The maximum atomic E-state index is 5.99. The molecule has 0 amide bonds. The Kier molecular flexibility index (Phi) is 5.32. The van der Waals surface area contributed by atoms with E-state index in [1.54, 1.807) is 7.11 Å². The molecule has 106 valence electrons. The SMILES string of the molecule is COc1ccc(CC(C)Nc2ccc(Cl)c(Br)c2)cc1. The van der Waals surface area contributed by atoms with Gasteiger partial charge < -0.3 is 10.1 Å². The van der Waals surface area contributed by atoms with Gasteiger partial charge in [-0.1, -0.05) is 23.7 Å². The summed E-state index contributed by atoms with van der Waals surface area (Å²) in [4.78, 5) is 0. The van der Waals surface area contributed by atoms with E-state index in [-0.39, 0.29) is 0 Å². The van der Waals surface area contributed by atoms with Gasteiger partial charge >= 0.3 is 0 Å². The lowest BCUT2D eigenvalue weighted by atomic mass is 10.1. The fraction of sp³-hybridized carbons (Fsp3) is 0.250. The van der Waals surface area contributed by atoms with Crippen LogP contribution in [0.4, 0.5) is 5.69 Å². The molecule has 0 bridgehead atoms. The van der Waals surface area contributed by atoms with Gasteiger partial charge in [0.25, 0.3) is 0 Å². The molecule has 0 radical (unpaired) electrons.